The van der Waals surface area contributed by atoms with Crippen molar-refractivity contribution in [3.63, 3.8) is 0 Å². The number of hydrogen-bond acceptors (Lipinski definition) is 7. The van der Waals surface area contributed by atoms with Crippen molar-refractivity contribution in [3.8, 4) is 16.9 Å². The molecule has 11 nitrogen and oxygen atoms in total. The molecule has 1 saturated heterocycles. The van der Waals surface area contributed by atoms with E-state index < -0.39 is 6.04 Å². The molecule has 0 aliphatic carbocycles. The van der Waals surface area contributed by atoms with E-state index >= 15 is 0 Å². The fourth-order valence-corrected chi connectivity index (χ4v) is 5.86. The van der Waals surface area contributed by atoms with E-state index in [1.807, 2.05) is 29.2 Å². The van der Waals surface area contributed by atoms with Gasteiger partial charge in [-0.15, -0.1) is 5.10 Å². The zero-order valence-corrected chi connectivity index (χ0v) is 24.1. The quantitative estimate of drug-likeness (QED) is 0.366. The Labute approximate surface area is 251 Å². The largest absolute Gasteiger partial charge is 0.354 e. The van der Waals surface area contributed by atoms with E-state index in [4.69, 9.17) is 23.2 Å². The first-order valence-electron chi connectivity index (χ1n) is 13.7. The lowest BCUT2D eigenvalue weighted by molar-refractivity contribution is -0.125. The molecule has 2 amide bonds. The van der Waals surface area contributed by atoms with Gasteiger partial charge in [0.25, 0.3) is 5.56 Å². The first kappa shape index (κ1) is 27.9. The highest BCUT2D eigenvalue weighted by molar-refractivity contribution is 6.31. The fourth-order valence-electron chi connectivity index (χ4n) is 5.56. The number of nitrogens with one attached hydrogen (secondary N) is 2. The molecule has 0 radical (unpaired) electrons. The minimum absolute atomic E-state index is 0.0708. The highest BCUT2D eigenvalue weighted by Crippen LogP contribution is 2.31. The molecule has 2 N–H and O–H groups in total. The minimum Gasteiger partial charge on any atom is -0.354 e. The lowest BCUT2D eigenvalue weighted by atomic mass is 9.98. The van der Waals surface area contributed by atoms with Gasteiger partial charge >= 0.3 is 0 Å². The number of amides is 2. The average Bonchev–Trinajstić information content (AvgIpc) is 3.42. The Morgan fingerprint density at radius 3 is 2.62 bits per heavy atom. The number of nitrogens with zero attached hydrogens (tertiary/aromatic N) is 6. The Morgan fingerprint density at radius 2 is 1.81 bits per heavy atom. The fraction of sp³-hybridized carbons (Fsp3) is 0.310. The number of rotatable bonds is 3. The summed E-state index contributed by atoms with van der Waals surface area (Å²) in [6.45, 7) is 0.853. The van der Waals surface area contributed by atoms with Crippen LogP contribution in [-0.4, -0.2) is 62.0 Å². The van der Waals surface area contributed by atoms with Crippen LogP contribution in [0, 0.1) is 0 Å². The minimum atomic E-state index is -0.521. The van der Waals surface area contributed by atoms with Crippen molar-refractivity contribution in [1.29, 1.82) is 0 Å². The summed E-state index contributed by atoms with van der Waals surface area (Å²) in [7, 11) is 0. The molecule has 4 aromatic rings. The Kier molecular flexibility index (Phi) is 7.94. The summed E-state index contributed by atoms with van der Waals surface area (Å²) in [4.78, 5) is 45.5. The van der Waals surface area contributed by atoms with Crippen LogP contribution in [0.5, 0.6) is 0 Å². The topological polar surface area (TPSA) is 127 Å². The smallest absolute Gasteiger partial charge is 0.254 e. The average molecular weight is 608 g/mol. The predicted octanol–water partition coefficient (Wildman–Crippen LogP) is 3.38. The Balaban J connectivity index is 1.39. The van der Waals surface area contributed by atoms with Crippen molar-refractivity contribution in [3.05, 3.63) is 87.1 Å². The van der Waals surface area contributed by atoms with Crippen LogP contribution in [-0.2, 0) is 9.59 Å². The standard InChI is InChI=1S/C29H28Cl2N8O3/c30-19-8-9-24(39-15-26(31)35-36-39)21(12-19)22-13-28(41)38(17-34-22)23-7-2-1-3-10-32-29(42)25-14-33-27(40)16-37(25)20-6-4-5-18(23)11-20/h4-6,8-9,11-13,15,17,23,25H,1-3,7,10,14,16H2,(H,32,42)(H,33,40)/t23-,25?/m0/s1. The van der Waals surface area contributed by atoms with Crippen LogP contribution in [0.1, 0.15) is 37.3 Å². The van der Waals surface area contributed by atoms with E-state index in [0.717, 1.165) is 30.5 Å². The summed E-state index contributed by atoms with van der Waals surface area (Å²) in [5.41, 5.74) is 3.09. The molecule has 0 spiro atoms. The lowest BCUT2D eigenvalue weighted by Crippen LogP contribution is -2.60. The highest BCUT2D eigenvalue weighted by atomic mass is 35.5. The lowest BCUT2D eigenvalue weighted by Gasteiger charge is -2.36. The molecule has 2 aromatic heterocycles. The number of carbonyl (C=O) groups is 2. The SMILES string of the molecule is O=C1CN2c3cccc(c3)[C@@H](n3cnc(-c4cc(Cl)ccc4-n4cc(Cl)nn4)cc3=O)CCCCCNC(=O)C2CN1. The van der Waals surface area contributed by atoms with E-state index in [0.29, 0.717) is 34.9 Å². The zero-order chi connectivity index (χ0) is 29.2. The monoisotopic (exact) mass is 606 g/mol. The van der Waals surface area contributed by atoms with E-state index in [-0.39, 0.29) is 41.7 Å². The van der Waals surface area contributed by atoms with Crippen molar-refractivity contribution < 1.29 is 9.59 Å². The van der Waals surface area contributed by atoms with Crippen LogP contribution in [0.15, 0.2) is 65.8 Å². The summed E-state index contributed by atoms with van der Waals surface area (Å²) in [5.74, 6) is -0.254. The third kappa shape index (κ3) is 5.75. The maximum absolute atomic E-state index is 13.7. The molecule has 1 unspecified atom stereocenters. The molecule has 13 heteroatoms. The number of fused-ring (bicyclic) bond motifs is 4. The van der Waals surface area contributed by atoms with E-state index in [1.54, 1.807) is 35.3 Å². The van der Waals surface area contributed by atoms with Gasteiger partial charge in [0.2, 0.25) is 11.8 Å². The van der Waals surface area contributed by atoms with Crippen molar-refractivity contribution in [1.82, 2.24) is 35.2 Å². The number of aromatic nitrogens is 5. The van der Waals surface area contributed by atoms with E-state index in [2.05, 4.69) is 25.9 Å². The van der Waals surface area contributed by atoms with Crippen molar-refractivity contribution in [2.75, 3.05) is 24.5 Å². The number of halogens is 2. The summed E-state index contributed by atoms with van der Waals surface area (Å²) < 4.78 is 3.15. The molecular formula is C29H28Cl2N8O3. The van der Waals surface area contributed by atoms with Crippen molar-refractivity contribution in [2.24, 2.45) is 0 Å². The summed E-state index contributed by atoms with van der Waals surface area (Å²) in [6.07, 6.45) is 6.36. The van der Waals surface area contributed by atoms with Crippen LogP contribution in [0.25, 0.3) is 16.9 Å². The van der Waals surface area contributed by atoms with Gasteiger partial charge in [-0.1, -0.05) is 53.4 Å². The zero-order valence-electron chi connectivity index (χ0n) is 22.5. The molecule has 216 valence electrons. The predicted molar refractivity (Wildman–Crippen MR) is 159 cm³/mol. The molecule has 42 heavy (non-hydrogen) atoms. The van der Waals surface area contributed by atoms with Gasteiger partial charge in [0.1, 0.15) is 6.04 Å². The van der Waals surface area contributed by atoms with E-state index in [9.17, 15) is 14.4 Å². The van der Waals surface area contributed by atoms with Crippen molar-refractivity contribution in [2.45, 2.75) is 37.8 Å². The number of hydrogen-bond donors (Lipinski definition) is 2. The van der Waals surface area contributed by atoms with E-state index in [1.165, 1.54) is 10.7 Å². The molecule has 2 atom stereocenters. The molecule has 2 aromatic carbocycles. The molecular weight excluding hydrogens is 579 g/mol. The Bertz CT molecular complexity index is 1700. The number of carbonyl (C=O) groups excluding carboxylic acids is 2. The maximum Gasteiger partial charge on any atom is 0.254 e. The summed E-state index contributed by atoms with van der Waals surface area (Å²) in [5, 5.41) is 14.4. The second-order valence-corrected chi connectivity index (χ2v) is 11.2. The van der Waals surface area contributed by atoms with Gasteiger partial charge in [0.05, 0.1) is 36.5 Å². The van der Waals surface area contributed by atoms with Crippen LogP contribution < -0.4 is 21.1 Å². The van der Waals surface area contributed by atoms with Crippen LogP contribution in [0.4, 0.5) is 5.69 Å². The van der Waals surface area contributed by atoms with Gasteiger partial charge in [-0.05, 0) is 48.7 Å². The Hall–Kier alpha value is -4.22. The molecule has 2 bridgehead atoms. The molecule has 0 saturated carbocycles. The Morgan fingerprint density at radius 1 is 0.929 bits per heavy atom. The van der Waals surface area contributed by atoms with Gasteiger partial charge in [-0.3, -0.25) is 19.0 Å². The number of benzene rings is 2. The molecule has 2 aliphatic rings. The molecule has 4 heterocycles. The molecule has 1 fully saturated rings. The van der Waals surface area contributed by atoms with Gasteiger partial charge in [0, 0.05) is 35.4 Å². The van der Waals surface area contributed by atoms with Crippen LogP contribution >= 0.6 is 23.2 Å². The second kappa shape index (κ2) is 11.9. The van der Waals surface area contributed by atoms with Crippen LogP contribution in [0.3, 0.4) is 0 Å². The first-order chi connectivity index (χ1) is 20.4. The van der Waals surface area contributed by atoms with Gasteiger partial charge < -0.3 is 15.5 Å². The second-order valence-electron chi connectivity index (χ2n) is 10.4. The third-order valence-electron chi connectivity index (χ3n) is 7.64. The number of piperazine rings is 1. The van der Waals surface area contributed by atoms with Crippen LogP contribution in [0.2, 0.25) is 10.2 Å². The molecule has 6 rings (SSSR count). The first-order valence-corrected chi connectivity index (χ1v) is 14.5. The van der Waals surface area contributed by atoms with Crippen molar-refractivity contribution >= 4 is 40.7 Å². The maximum atomic E-state index is 13.7. The molecule has 2 aliphatic heterocycles. The van der Waals surface area contributed by atoms with Gasteiger partial charge in [0.15, 0.2) is 5.15 Å². The highest BCUT2D eigenvalue weighted by Gasteiger charge is 2.32. The summed E-state index contributed by atoms with van der Waals surface area (Å²) in [6, 6.07) is 13.6. The summed E-state index contributed by atoms with van der Waals surface area (Å²) >= 11 is 12.3. The third-order valence-corrected chi connectivity index (χ3v) is 8.05. The number of anilines is 1. The van der Waals surface area contributed by atoms with Gasteiger partial charge in [-0.2, -0.15) is 0 Å². The normalized spacial score (nSPS) is 19.5. The van der Waals surface area contributed by atoms with Gasteiger partial charge in [-0.25, -0.2) is 9.67 Å².